The SMILES string of the molecule is Cc1ccnc([C@H]2C[C@@H]2c2ccc3cc(N)ccc3n2)n1. The van der Waals surface area contributed by atoms with Crippen LogP contribution in [0.15, 0.2) is 42.6 Å². The zero-order valence-corrected chi connectivity index (χ0v) is 11.8. The number of aromatic nitrogens is 3. The molecule has 2 aromatic heterocycles. The van der Waals surface area contributed by atoms with Crippen LogP contribution >= 0.6 is 0 Å². The maximum Gasteiger partial charge on any atom is 0.132 e. The molecule has 0 unspecified atom stereocenters. The van der Waals surface area contributed by atoms with E-state index >= 15 is 0 Å². The van der Waals surface area contributed by atoms with Crippen LogP contribution in [0.1, 0.15) is 35.5 Å². The molecule has 1 fully saturated rings. The number of pyridine rings is 1. The van der Waals surface area contributed by atoms with E-state index in [4.69, 9.17) is 10.7 Å². The third-order valence-electron chi connectivity index (χ3n) is 4.05. The standard InChI is InChI=1S/C17H16N4/c1-10-6-7-19-17(20-10)14-9-13(14)16-4-2-11-8-12(18)3-5-15(11)21-16/h2-8,13-14H,9,18H2,1H3/t13-,14-/m0/s1. The molecule has 0 radical (unpaired) electrons. The van der Waals surface area contributed by atoms with Gasteiger partial charge in [-0.25, -0.2) is 9.97 Å². The van der Waals surface area contributed by atoms with E-state index in [-0.39, 0.29) is 0 Å². The smallest absolute Gasteiger partial charge is 0.132 e. The Bertz CT molecular complexity index is 828. The van der Waals surface area contributed by atoms with Gasteiger partial charge < -0.3 is 5.73 Å². The predicted molar refractivity (Wildman–Crippen MR) is 83.0 cm³/mol. The maximum atomic E-state index is 5.80. The predicted octanol–water partition coefficient (Wildman–Crippen LogP) is 3.19. The molecule has 21 heavy (non-hydrogen) atoms. The molecule has 3 aromatic rings. The number of fused-ring (bicyclic) bond motifs is 1. The van der Waals surface area contributed by atoms with Crippen molar-refractivity contribution in [2.75, 3.05) is 5.73 Å². The molecule has 2 N–H and O–H groups in total. The van der Waals surface area contributed by atoms with Crippen molar-refractivity contribution in [2.45, 2.75) is 25.2 Å². The summed E-state index contributed by atoms with van der Waals surface area (Å²) in [6.07, 6.45) is 2.92. The van der Waals surface area contributed by atoms with E-state index in [2.05, 4.69) is 22.1 Å². The summed E-state index contributed by atoms with van der Waals surface area (Å²) in [6, 6.07) is 12.0. The molecule has 1 aliphatic rings. The summed E-state index contributed by atoms with van der Waals surface area (Å²) in [7, 11) is 0. The van der Waals surface area contributed by atoms with Crippen molar-refractivity contribution < 1.29 is 0 Å². The van der Waals surface area contributed by atoms with Crippen molar-refractivity contribution in [3.05, 3.63) is 59.8 Å². The number of anilines is 1. The highest BCUT2D eigenvalue weighted by atomic mass is 14.9. The van der Waals surface area contributed by atoms with Gasteiger partial charge in [-0.05, 0) is 43.7 Å². The highest BCUT2D eigenvalue weighted by molar-refractivity contribution is 5.82. The molecule has 0 saturated heterocycles. The molecule has 4 rings (SSSR count). The van der Waals surface area contributed by atoms with Gasteiger partial charge in [0.25, 0.3) is 0 Å². The zero-order valence-electron chi connectivity index (χ0n) is 11.8. The number of hydrogen-bond donors (Lipinski definition) is 1. The summed E-state index contributed by atoms with van der Waals surface area (Å²) in [5, 5.41) is 1.09. The Morgan fingerprint density at radius 2 is 1.95 bits per heavy atom. The van der Waals surface area contributed by atoms with Gasteiger partial charge in [-0.2, -0.15) is 0 Å². The summed E-state index contributed by atoms with van der Waals surface area (Å²) in [4.78, 5) is 13.7. The molecule has 0 amide bonds. The van der Waals surface area contributed by atoms with E-state index in [9.17, 15) is 0 Å². The van der Waals surface area contributed by atoms with Crippen molar-refractivity contribution in [3.8, 4) is 0 Å². The number of nitrogen functional groups attached to an aromatic ring is 1. The normalized spacial score (nSPS) is 20.6. The average Bonchev–Trinajstić information content (AvgIpc) is 3.27. The fourth-order valence-corrected chi connectivity index (χ4v) is 2.82. The summed E-state index contributed by atoms with van der Waals surface area (Å²) in [5.41, 5.74) is 9.72. The van der Waals surface area contributed by atoms with E-state index in [1.165, 1.54) is 0 Å². The van der Waals surface area contributed by atoms with Crippen molar-refractivity contribution in [2.24, 2.45) is 0 Å². The van der Waals surface area contributed by atoms with E-state index in [1.807, 2.05) is 37.4 Å². The van der Waals surface area contributed by atoms with E-state index in [0.29, 0.717) is 11.8 Å². The molecule has 4 nitrogen and oxygen atoms in total. The van der Waals surface area contributed by atoms with Crippen molar-refractivity contribution in [1.82, 2.24) is 15.0 Å². The second-order valence-corrected chi connectivity index (χ2v) is 5.69. The van der Waals surface area contributed by atoms with E-state index < -0.39 is 0 Å². The number of aryl methyl sites for hydroxylation is 1. The largest absolute Gasteiger partial charge is 0.399 e. The third kappa shape index (κ3) is 2.23. The molecule has 0 bridgehead atoms. The number of hydrogen-bond acceptors (Lipinski definition) is 4. The van der Waals surface area contributed by atoms with Gasteiger partial charge >= 0.3 is 0 Å². The number of benzene rings is 1. The Morgan fingerprint density at radius 1 is 1.05 bits per heavy atom. The van der Waals surface area contributed by atoms with Gasteiger partial charge in [0.2, 0.25) is 0 Å². The first-order valence-corrected chi connectivity index (χ1v) is 7.16. The Kier molecular flexibility index (Phi) is 2.64. The van der Waals surface area contributed by atoms with Gasteiger partial charge in [-0.3, -0.25) is 4.98 Å². The molecule has 1 aromatic carbocycles. The summed E-state index contributed by atoms with van der Waals surface area (Å²) in [5.74, 6) is 1.79. The fourth-order valence-electron chi connectivity index (χ4n) is 2.82. The molecular formula is C17H16N4. The topological polar surface area (TPSA) is 64.7 Å². The molecule has 2 heterocycles. The summed E-state index contributed by atoms with van der Waals surface area (Å²) < 4.78 is 0. The minimum Gasteiger partial charge on any atom is -0.399 e. The minimum atomic E-state index is 0.406. The Morgan fingerprint density at radius 3 is 2.81 bits per heavy atom. The highest BCUT2D eigenvalue weighted by Crippen LogP contribution is 2.53. The van der Waals surface area contributed by atoms with Gasteiger partial charge in [-0.15, -0.1) is 0 Å². The molecule has 4 heteroatoms. The Labute approximate surface area is 123 Å². The van der Waals surface area contributed by atoms with Crippen LogP contribution in [0.4, 0.5) is 5.69 Å². The van der Waals surface area contributed by atoms with Gasteiger partial charge in [0, 0.05) is 40.5 Å². The highest BCUT2D eigenvalue weighted by Gasteiger charge is 2.42. The summed E-state index contributed by atoms with van der Waals surface area (Å²) in [6.45, 7) is 2.00. The third-order valence-corrected chi connectivity index (χ3v) is 4.05. The molecule has 1 saturated carbocycles. The van der Waals surface area contributed by atoms with Gasteiger partial charge in [0.05, 0.1) is 5.52 Å². The number of nitrogens with zero attached hydrogens (tertiary/aromatic N) is 3. The molecule has 1 aliphatic carbocycles. The lowest BCUT2D eigenvalue weighted by atomic mass is 10.1. The second-order valence-electron chi connectivity index (χ2n) is 5.69. The first-order chi connectivity index (χ1) is 10.2. The first-order valence-electron chi connectivity index (χ1n) is 7.16. The van der Waals surface area contributed by atoms with Crippen LogP contribution in [0.25, 0.3) is 10.9 Å². The second kappa shape index (κ2) is 4.52. The van der Waals surface area contributed by atoms with Crippen LogP contribution in [0, 0.1) is 6.92 Å². The average molecular weight is 276 g/mol. The Hall–Kier alpha value is -2.49. The van der Waals surface area contributed by atoms with E-state index in [1.54, 1.807) is 0 Å². The van der Waals surface area contributed by atoms with Crippen LogP contribution < -0.4 is 5.73 Å². The zero-order chi connectivity index (χ0) is 14.4. The van der Waals surface area contributed by atoms with Gasteiger partial charge in [0.1, 0.15) is 5.82 Å². The van der Waals surface area contributed by atoms with Crippen LogP contribution in [0.5, 0.6) is 0 Å². The Balaban J connectivity index is 1.65. The van der Waals surface area contributed by atoms with Crippen LogP contribution in [-0.2, 0) is 0 Å². The first kappa shape index (κ1) is 12.3. The molecule has 0 spiro atoms. The van der Waals surface area contributed by atoms with Crippen molar-refractivity contribution in [1.29, 1.82) is 0 Å². The van der Waals surface area contributed by atoms with Gasteiger partial charge in [0.15, 0.2) is 0 Å². The molecule has 104 valence electrons. The lowest BCUT2D eigenvalue weighted by Gasteiger charge is -2.04. The fraction of sp³-hybridized carbons (Fsp3) is 0.235. The van der Waals surface area contributed by atoms with Gasteiger partial charge in [-0.1, -0.05) is 6.07 Å². The van der Waals surface area contributed by atoms with Crippen molar-refractivity contribution >= 4 is 16.6 Å². The van der Waals surface area contributed by atoms with Crippen LogP contribution in [0.2, 0.25) is 0 Å². The lowest BCUT2D eigenvalue weighted by Crippen LogP contribution is -1.96. The molecule has 0 aliphatic heterocycles. The maximum absolute atomic E-state index is 5.80. The quantitative estimate of drug-likeness (QED) is 0.730. The lowest BCUT2D eigenvalue weighted by molar-refractivity contribution is 0.867. The minimum absolute atomic E-state index is 0.406. The summed E-state index contributed by atoms with van der Waals surface area (Å²) >= 11 is 0. The number of nitrogens with two attached hydrogens (primary N) is 1. The van der Waals surface area contributed by atoms with Crippen LogP contribution in [-0.4, -0.2) is 15.0 Å². The van der Waals surface area contributed by atoms with Crippen molar-refractivity contribution in [3.63, 3.8) is 0 Å². The monoisotopic (exact) mass is 276 g/mol. The van der Waals surface area contributed by atoms with E-state index in [0.717, 1.165) is 40.2 Å². The molecule has 2 atom stereocenters. The number of rotatable bonds is 2. The molecular weight excluding hydrogens is 260 g/mol. The van der Waals surface area contributed by atoms with Crippen LogP contribution in [0.3, 0.4) is 0 Å².